The largest absolute Gasteiger partial charge is 0.380 e. The zero-order chi connectivity index (χ0) is 17.0. The van der Waals surface area contributed by atoms with E-state index in [0.717, 1.165) is 24.0 Å². The predicted octanol–water partition coefficient (Wildman–Crippen LogP) is 1.85. The van der Waals surface area contributed by atoms with Crippen molar-refractivity contribution >= 4 is 10.0 Å². The van der Waals surface area contributed by atoms with Gasteiger partial charge in [0.15, 0.2) is 0 Å². The van der Waals surface area contributed by atoms with E-state index < -0.39 is 10.0 Å². The predicted molar refractivity (Wildman–Crippen MR) is 90.5 cm³/mol. The van der Waals surface area contributed by atoms with Crippen molar-refractivity contribution in [2.45, 2.75) is 31.6 Å². The van der Waals surface area contributed by atoms with Crippen LogP contribution >= 0.6 is 0 Å². The van der Waals surface area contributed by atoms with Gasteiger partial charge in [-0.3, -0.25) is 0 Å². The van der Waals surface area contributed by atoms with Gasteiger partial charge in [-0.05, 0) is 24.0 Å². The summed E-state index contributed by atoms with van der Waals surface area (Å²) < 4.78 is 40.1. The number of rotatable bonds is 4. The lowest BCUT2D eigenvalue weighted by atomic mass is 9.71. The molecule has 0 bridgehead atoms. The third-order valence-corrected chi connectivity index (χ3v) is 8.11. The van der Waals surface area contributed by atoms with Crippen molar-refractivity contribution in [3.05, 3.63) is 29.3 Å². The average molecular weight is 351 g/mol. The molecule has 132 valence electrons. The molecular weight excluding hydrogens is 326 g/mol. The first-order valence-corrected chi connectivity index (χ1v) is 10.2. The molecule has 1 aromatic rings. The van der Waals surface area contributed by atoms with E-state index in [2.05, 4.69) is 0 Å². The van der Waals surface area contributed by atoms with E-state index >= 15 is 0 Å². The van der Waals surface area contributed by atoms with Gasteiger partial charge in [-0.2, -0.15) is 4.31 Å². The van der Waals surface area contributed by atoms with Crippen molar-refractivity contribution in [1.82, 2.24) is 4.31 Å². The number of benzene rings is 1. The second-order valence-electron chi connectivity index (χ2n) is 7.43. The fourth-order valence-corrected chi connectivity index (χ4v) is 6.83. The van der Waals surface area contributed by atoms with Crippen LogP contribution in [-0.4, -0.2) is 52.2 Å². The molecule has 0 saturated carbocycles. The summed E-state index contributed by atoms with van der Waals surface area (Å²) in [6, 6.07) is 5.84. The summed E-state index contributed by atoms with van der Waals surface area (Å²) in [5, 5.41) is 0. The summed E-state index contributed by atoms with van der Waals surface area (Å²) >= 11 is 0. The van der Waals surface area contributed by atoms with Crippen LogP contribution in [0, 0.1) is 10.8 Å². The van der Waals surface area contributed by atoms with Crippen LogP contribution in [0.1, 0.15) is 25.0 Å². The van der Waals surface area contributed by atoms with E-state index in [9.17, 15) is 8.42 Å². The van der Waals surface area contributed by atoms with E-state index in [1.54, 1.807) is 4.31 Å². The smallest absolute Gasteiger partial charge is 0.243 e. The molecule has 4 rings (SSSR count). The first-order valence-electron chi connectivity index (χ1n) is 8.74. The van der Waals surface area contributed by atoms with Crippen molar-refractivity contribution in [1.29, 1.82) is 0 Å². The zero-order valence-corrected chi connectivity index (χ0v) is 15.2. The number of hydrogen-bond donors (Lipinski definition) is 0. The maximum Gasteiger partial charge on any atom is 0.243 e. The quantitative estimate of drug-likeness (QED) is 0.831. The van der Waals surface area contributed by atoms with Crippen LogP contribution in [0.2, 0.25) is 0 Å². The van der Waals surface area contributed by atoms with E-state index in [1.165, 1.54) is 0 Å². The van der Waals surface area contributed by atoms with E-state index in [1.807, 2.05) is 32.0 Å². The standard InChI is InChI=1S/C18H25NO4S/c1-3-14-6-5-7-15(4-2)16(14)24(20,21)19-8-17-10-22-12-18(17,9-19)13-23-11-17/h5-7H,3-4,8-13H2,1-2H3. The molecule has 5 nitrogen and oxygen atoms in total. The zero-order valence-electron chi connectivity index (χ0n) is 14.4. The Kier molecular flexibility index (Phi) is 3.80. The van der Waals surface area contributed by atoms with Gasteiger partial charge in [-0.1, -0.05) is 32.0 Å². The van der Waals surface area contributed by atoms with Gasteiger partial charge in [0, 0.05) is 23.9 Å². The van der Waals surface area contributed by atoms with E-state index in [-0.39, 0.29) is 10.8 Å². The molecule has 24 heavy (non-hydrogen) atoms. The Morgan fingerprint density at radius 3 is 1.83 bits per heavy atom. The van der Waals surface area contributed by atoms with Crippen molar-refractivity contribution in [2.75, 3.05) is 39.5 Å². The number of hydrogen-bond acceptors (Lipinski definition) is 4. The maximum atomic E-state index is 13.5. The Morgan fingerprint density at radius 1 is 0.958 bits per heavy atom. The first kappa shape index (κ1) is 16.5. The summed E-state index contributed by atoms with van der Waals surface area (Å²) in [7, 11) is -3.50. The molecule has 0 atom stereocenters. The molecule has 0 unspecified atom stereocenters. The number of nitrogens with zero attached hydrogens (tertiary/aromatic N) is 1. The molecule has 3 aliphatic heterocycles. The normalized spacial score (nSPS) is 32.9. The highest BCUT2D eigenvalue weighted by molar-refractivity contribution is 7.89. The van der Waals surface area contributed by atoms with Gasteiger partial charge >= 0.3 is 0 Å². The molecule has 0 aliphatic carbocycles. The van der Waals surface area contributed by atoms with E-state index in [4.69, 9.17) is 9.47 Å². The summed E-state index contributed by atoms with van der Waals surface area (Å²) in [5.74, 6) is 0. The van der Waals surface area contributed by atoms with Crippen LogP contribution < -0.4 is 0 Å². The van der Waals surface area contributed by atoms with Gasteiger partial charge in [0.05, 0.1) is 31.3 Å². The van der Waals surface area contributed by atoms with Gasteiger partial charge in [-0.25, -0.2) is 8.42 Å². The molecule has 0 aromatic heterocycles. The van der Waals surface area contributed by atoms with Crippen LogP contribution in [0.3, 0.4) is 0 Å². The van der Waals surface area contributed by atoms with Gasteiger partial charge in [-0.15, -0.1) is 0 Å². The lowest BCUT2D eigenvalue weighted by molar-refractivity contribution is 0.0594. The summed E-state index contributed by atoms with van der Waals surface area (Å²) in [6.07, 6.45) is 1.44. The SMILES string of the molecule is CCc1cccc(CC)c1S(=O)(=O)N1CC23COCC2(COC3)C1. The summed E-state index contributed by atoms with van der Waals surface area (Å²) in [6.45, 7) is 7.47. The topological polar surface area (TPSA) is 55.8 Å². The molecule has 0 amide bonds. The Morgan fingerprint density at radius 2 is 1.42 bits per heavy atom. The van der Waals surface area contributed by atoms with Crippen LogP contribution in [0.25, 0.3) is 0 Å². The van der Waals surface area contributed by atoms with E-state index in [0.29, 0.717) is 44.4 Å². The molecule has 0 spiro atoms. The average Bonchev–Trinajstić information content (AvgIpc) is 3.15. The minimum Gasteiger partial charge on any atom is -0.380 e. The lowest BCUT2D eigenvalue weighted by Gasteiger charge is -2.26. The van der Waals surface area contributed by atoms with Crippen LogP contribution in [0.4, 0.5) is 0 Å². The Balaban J connectivity index is 1.76. The molecule has 6 heteroatoms. The van der Waals surface area contributed by atoms with Gasteiger partial charge in [0.25, 0.3) is 0 Å². The lowest BCUT2D eigenvalue weighted by Crippen LogP contribution is -2.38. The Bertz CT molecular complexity index is 706. The molecule has 3 saturated heterocycles. The second-order valence-corrected chi connectivity index (χ2v) is 9.31. The Labute approximate surface area is 144 Å². The number of ether oxygens (including phenoxy) is 2. The van der Waals surface area contributed by atoms with Gasteiger partial charge in [0.1, 0.15) is 0 Å². The summed E-state index contributed by atoms with van der Waals surface area (Å²) in [5.41, 5.74) is 1.51. The highest BCUT2D eigenvalue weighted by Gasteiger charge is 2.66. The molecular formula is C18H25NO4S. The highest BCUT2D eigenvalue weighted by atomic mass is 32.2. The molecule has 0 N–H and O–H groups in total. The third kappa shape index (κ3) is 2.06. The van der Waals surface area contributed by atoms with Crippen molar-refractivity contribution in [2.24, 2.45) is 10.8 Å². The Hall–Kier alpha value is -0.950. The minimum absolute atomic E-state index is 0.159. The molecule has 3 fully saturated rings. The van der Waals surface area contributed by atoms with Crippen LogP contribution in [0.15, 0.2) is 23.1 Å². The maximum absolute atomic E-state index is 13.5. The van der Waals surface area contributed by atoms with Gasteiger partial charge < -0.3 is 9.47 Å². The van der Waals surface area contributed by atoms with Crippen molar-refractivity contribution in [3.63, 3.8) is 0 Å². The van der Waals surface area contributed by atoms with Crippen LogP contribution in [0.5, 0.6) is 0 Å². The summed E-state index contributed by atoms with van der Waals surface area (Å²) in [4.78, 5) is 0.530. The fourth-order valence-electron chi connectivity index (χ4n) is 4.65. The second kappa shape index (κ2) is 5.53. The number of aryl methyl sites for hydroxylation is 2. The van der Waals surface area contributed by atoms with Crippen molar-refractivity contribution in [3.8, 4) is 0 Å². The van der Waals surface area contributed by atoms with Crippen molar-refractivity contribution < 1.29 is 17.9 Å². The molecule has 3 heterocycles. The fraction of sp³-hybridized carbons (Fsp3) is 0.667. The third-order valence-electron chi connectivity index (χ3n) is 6.13. The molecule has 0 radical (unpaired) electrons. The first-order chi connectivity index (χ1) is 11.5. The van der Waals surface area contributed by atoms with Gasteiger partial charge in [0.2, 0.25) is 10.0 Å². The highest BCUT2D eigenvalue weighted by Crippen LogP contribution is 2.56. The van der Waals surface area contributed by atoms with Crippen LogP contribution in [-0.2, 0) is 32.3 Å². The minimum atomic E-state index is -3.50. The molecule has 3 aliphatic rings. The number of sulfonamides is 1. The molecule has 1 aromatic carbocycles. The monoisotopic (exact) mass is 351 g/mol.